The van der Waals surface area contributed by atoms with Crippen LogP contribution in [0.2, 0.25) is 5.02 Å². The summed E-state index contributed by atoms with van der Waals surface area (Å²) in [6, 6.07) is 8.60. The molecule has 31 heavy (non-hydrogen) atoms. The van der Waals surface area contributed by atoms with Crippen LogP contribution in [-0.2, 0) is 9.73 Å². The van der Waals surface area contributed by atoms with Gasteiger partial charge in [0, 0.05) is 17.0 Å². The van der Waals surface area contributed by atoms with Gasteiger partial charge in [-0.1, -0.05) is 11.6 Å². The van der Waals surface area contributed by atoms with Crippen molar-refractivity contribution in [2.45, 2.75) is 60.8 Å². The van der Waals surface area contributed by atoms with Gasteiger partial charge in [0.25, 0.3) is 5.91 Å². The summed E-state index contributed by atoms with van der Waals surface area (Å²) in [5, 5.41) is 3.64. The molecular weight excluding hydrogens is 438 g/mol. The molecule has 1 aromatic carbocycles. The number of benzene rings is 1. The van der Waals surface area contributed by atoms with Gasteiger partial charge in [0.1, 0.15) is 15.2 Å². The van der Waals surface area contributed by atoms with Crippen LogP contribution in [0.25, 0.3) is 11.1 Å². The molecule has 2 aromatic heterocycles. The van der Waals surface area contributed by atoms with Gasteiger partial charge in [-0.15, -0.1) is 0 Å². The van der Waals surface area contributed by atoms with Crippen molar-refractivity contribution < 1.29 is 17.8 Å². The fourth-order valence-corrected chi connectivity index (χ4v) is 6.88. The number of oxazole rings is 1. The van der Waals surface area contributed by atoms with Gasteiger partial charge < -0.3 is 14.2 Å². The summed E-state index contributed by atoms with van der Waals surface area (Å²) in [5.41, 5.74) is 1.80. The highest BCUT2D eigenvalue weighted by Crippen LogP contribution is 2.61. The van der Waals surface area contributed by atoms with Gasteiger partial charge in [-0.2, -0.15) is 0 Å². The van der Waals surface area contributed by atoms with Crippen LogP contribution in [0.15, 0.2) is 44.3 Å². The van der Waals surface area contributed by atoms with Crippen molar-refractivity contribution in [2.75, 3.05) is 0 Å². The lowest BCUT2D eigenvalue weighted by molar-refractivity contribution is -0.0256. The van der Waals surface area contributed by atoms with E-state index in [-0.39, 0.29) is 33.5 Å². The maximum Gasteiger partial charge on any atom is 0.287 e. The van der Waals surface area contributed by atoms with Gasteiger partial charge in [-0.25, -0.2) is 14.0 Å². The Labute approximate surface area is 184 Å². The Morgan fingerprint density at radius 3 is 2.68 bits per heavy atom. The second-order valence-electron chi connectivity index (χ2n) is 9.27. The fraction of sp³-hybridized carbons (Fsp3) is 0.455. The Balaban J connectivity index is 1.04. The molecule has 3 aromatic rings. The molecule has 162 valence electrons. The van der Waals surface area contributed by atoms with Crippen LogP contribution in [0.3, 0.4) is 0 Å². The zero-order valence-electron chi connectivity index (χ0n) is 16.7. The van der Waals surface area contributed by atoms with Crippen LogP contribution in [0, 0.1) is 10.2 Å². The normalized spacial score (nSPS) is 29.3. The van der Waals surface area contributed by atoms with Crippen LogP contribution in [0.5, 0.6) is 0 Å². The summed E-state index contributed by atoms with van der Waals surface area (Å²) in [6.07, 6.45) is 5.43. The number of rotatable bonds is 5. The molecule has 6 rings (SSSR count). The monoisotopic (exact) mass is 459 g/mol. The SMILES string of the molecule is N=[S@@](=O)(c1ccc(C(=O)NC2CC3(C2)CC(c2nc4cc(Cl)ccc4o2)C3)o1)C1CC1. The summed E-state index contributed by atoms with van der Waals surface area (Å²) in [6.45, 7) is 0. The van der Waals surface area contributed by atoms with E-state index in [0.717, 1.165) is 55.5 Å². The predicted octanol–water partition coefficient (Wildman–Crippen LogP) is 5.10. The Morgan fingerprint density at radius 2 is 1.94 bits per heavy atom. The predicted molar refractivity (Wildman–Crippen MR) is 115 cm³/mol. The number of hydrogen-bond donors (Lipinski definition) is 2. The molecule has 3 aliphatic rings. The summed E-state index contributed by atoms with van der Waals surface area (Å²) < 4.78 is 31.9. The largest absolute Gasteiger partial charge is 0.441 e. The molecule has 1 amide bonds. The van der Waals surface area contributed by atoms with Crippen LogP contribution in [0.1, 0.15) is 60.9 Å². The first kappa shape index (κ1) is 19.4. The second kappa shape index (κ2) is 6.59. The van der Waals surface area contributed by atoms with Gasteiger partial charge in [0.05, 0.1) is 5.25 Å². The van der Waals surface area contributed by atoms with Crippen molar-refractivity contribution in [3.05, 3.63) is 47.0 Å². The Hall–Kier alpha value is -2.32. The maximum atomic E-state index is 12.5. The molecule has 7 nitrogen and oxygen atoms in total. The minimum atomic E-state index is -2.93. The minimum Gasteiger partial charge on any atom is -0.441 e. The molecule has 0 bridgehead atoms. The molecule has 0 aliphatic heterocycles. The first-order valence-corrected chi connectivity index (χ1v) is 12.6. The van der Waals surface area contributed by atoms with E-state index in [1.54, 1.807) is 6.07 Å². The van der Waals surface area contributed by atoms with Crippen LogP contribution in [-0.4, -0.2) is 26.4 Å². The van der Waals surface area contributed by atoms with Gasteiger partial charge in [0.2, 0.25) is 0 Å². The quantitative estimate of drug-likeness (QED) is 0.551. The van der Waals surface area contributed by atoms with E-state index >= 15 is 0 Å². The number of carbonyl (C=O) groups is 1. The highest BCUT2D eigenvalue weighted by Gasteiger charge is 2.54. The van der Waals surface area contributed by atoms with E-state index in [4.69, 9.17) is 25.2 Å². The summed E-state index contributed by atoms with van der Waals surface area (Å²) in [7, 11) is -2.93. The Kier molecular flexibility index (Phi) is 4.12. The lowest BCUT2D eigenvalue weighted by atomic mass is 9.50. The van der Waals surface area contributed by atoms with Crippen molar-refractivity contribution in [3.63, 3.8) is 0 Å². The summed E-state index contributed by atoms with van der Waals surface area (Å²) in [4.78, 5) is 17.1. The fourth-order valence-electron chi connectivity index (χ4n) is 5.10. The second-order valence-corrected chi connectivity index (χ2v) is 12.0. The molecule has 1 spiro atoms. The van der Waals surface area contributed by atoms with E-state index in [1.807, 2.05) is 12.1 Å². The molecule has 2 N–H and O–H groups in total. The smallest absolute Gasteiger partial charge is 0.287 e. The van der Waals surface area contributed by atoms with Crippen LogP contribution >= 0.6 is 11.6 Å². The maximum absolute atomic E-state index is 12.5. The van der Waals surface area contributed by atoms with E-state index in [0.29, 0.717) is 10.9 Å². The lowest BCUT2D eigenvalue weighted by Crippen LogP contribution is -2.55. The van der Waals surface area contributed by atoms with Gasteiger partial charge in [0.15, 0.2) is 22.3 Å². The van der Waals surface area contributed by atoms with Gasteiger partial charge in [-0.3, -0.25) is 4.79 Å². The van der Waals surface area contributed by atoms with E-state index in [9.17, 15) is 9.00 Å². The number of amides is 1. The Bertz CT molecular complexity index is 1290. The molecule has 1 atom stereocenters. The third-order valence-electron chi connectivity index (χ3n) is 6.87. The third-order valence-corrected chi connectivity index (χ3v) is 9.33. The van der Waals surface area contributed by atoms with E-state index in [2.05, 4.69) is 10.3 Å². The van der Waals surface area contributed by atoms with Crippen molar-refractivity contribution >= 4 is 38.3 Å². The van der Waals surface area contributed by atoms with Crippen molar-refractivity contribution in [1.29, 1.82) is 4.78 Å². The average molecular weight is 460 g/mol. The van der Waals surface area contributed by atoms with Crippen molar-refractivity contribution in [1.82, 2.24) is 10.3 Å². The molecule has 0 radical (unpaired) electrons. The number of fused-ring (bicyclic) bond motifs is 1. The first-order chi connectivity index (χ1) is 14.8. The highest BCUT2D eigenvalue weighted by atomic mass is 35.5. The molecule has 0 unspecified atom stereocenters. The first-order valence-electron chi connectivity index (χ1n) is 10.6. The summed E-state index contributed by atoms with van der Waals surface area (Å²) >= 11 is 6.03. The van der Waals surface area contributed by atoms with Crippen LogP contribution < -0.4 is 5.32 Å². The van der Waals surface area contributed by atoms with E-state index < -0.39 is 9.73 Å². The summed E-state index contributed by atoms with van der Waals surface area (Å²) in [5.74, 6) is 0.910. The van der Waals surface area contributed by atoms with E-state index in [1.165, 1.54) is 12.1 Å². The number of furan rings is 1. The zero-order valence-corrected chi connectivity index (χ0v) is 18.3. The average Bonchev–Trinajstić information content (AvgIpc) is 3.27. The number of nitrogens with zero attached hydrogens (tertiary/aromatic N) is 1. The van der Waals surface area contributed by atoms with Crippen LogP contribution in [0.4, 0.5) is 0 Å². The number of hydrogen-bond acceptors (Lipinski definition) is 6. The number of nitrogens with one attached hydrogen (secondary N) is 2. The number of carbonyl (C=O) groups excluding carboxylic acids is 1. The molecule has 3 aliphatic carbocycles. The van der Waals surface area contributed by atoms with Crippen molar-refractivity contribution in [2.24, 2.45) is 5.41 Å². The number of halogens is 1. The minimum absolute atomic E-state index is 0.105. The highest BCUT2D eigenvalue weighted by molar-refractivity contribution is 7.93. The Morgan fingerprint density at radius 1 is 1.16 bits per heavy atom. The van der Waals surface area contributed by atoms with Crippen molar-refractivity contribution in [3.8, 4) is 0 Å². The lowest BCUT2D eigenvalue weighted by Gasteiger charge is -2.57. The molecule has 3 saturated carbocycles. The van der Waals surface area contributed by atoms with Gasteiger partial charge >= 0.3 is 0 Å². The third kappa shape index (κ3) is 3.27. The molecular formula is C22H22ClN3O4S. The topological polar surface area (TPSA) is 109 Å². The standard InChI is InChI=1S/C22H22ClN3O4S/c23-13-1-4-17-16(7-13)26-21(30-17)12-8-22(9-12)10-14(11-22)25-20(27)18-5-6-19(29-18)31(24,28)15-2-3-15/h1,4-7,12,14-15,24H,2-3,8-11H2,(H,25,27)/t12?,14?,22?,31-/m0/s1. The van der Waals surface area contributed by atoms with Gasteiger partial charge in [-0.05, 0) is 74.3 Å². The number of aromatic nitrogens is 1. The molecule has 3 fully saturated rings. The zero-order chi connectivity index (χ0) is 21.4. The molecule has 2 heterocycles. The molecule has 9 heteroatoms. The molecule has 0 saturated heterocycles.